The minimum Gasteiger partial charge on any atom is -0.461 e. The number of aromatic nitrogens is 4. The molecule has 0 unspecified atom stereocenters. The molecule has 28 heavy (non-hydrogen) atoms. The summed E-state index contributed by atoms with van der Waals surface area (Å²) in [6, 6.07) is 16.5. The van der Waals surface area contributed by atoms with Gasteiger partial charge in [-0.25, -0.2) is 0 Å². The van der Waals surface area contributed by atoms with Crippen LogP contribution in [0.25, 0.3) is 34.0 Å². The van der Waals surface area contributed by atoms with Crippen LogP contribution in [-0.2, 0) is 0 Å². The fourth-order valence-electron chi connectivity index (χ4n) is 3.15. The molecule has 0 radical (unpaired) electrons. The van der Waals surface area contributed by atoms with Crippen LogP contribution >= 0.6 is 0 Å². The van der Waals surface area contributed by atoms with Crippen molar-refractivity contribution in [3.8, 4) is 17.3 Å². The molecule has 0 atom stereocenters. The lowest BCUT2D eigenvalue weighted by Gasteiger charge is -2.04. The van der Waals surface area contributed by atoms with Gasteiger partial charge in [-0.3, -0.25) is 19.3 Å². The van der Waals surface area contributed by atoms with Crippen LogP contribution in [0.5, 0.6) is 0 Å². The Bertz CT molecular complexity index is 1400. The summed E-state index contributed by atoms with van der Waals surface area (Å²) in [5, 5.41) is 16.0. The molecule has 2 aromatic carbocycles. The van der Waals surface area contributed by atoms with E-state index in [1.165, 1.54) is 23.1 Å². The first kappa shape index (κ1) is 15.9. The molecule has 5 rings (SSSR count). The second-order valence-electron chi connectivity index (χ2n) is 6.06. The zero-order chi connectivity index (χ0) is 19.3. The number of rotatable bonds is 3. The van der Waals surface area contributed by atoms with E-state index in [0.29, 0.717) is 28.2 Å². The van der Waals surface area contributed by atoms with Crippen LogP contribution in [0.3, 0.4) is 0 Å². The summed E-state index contributed by atoms with van der Waals surface area (Å²) in [6.45, 7) is 0. The lowest BCUT2D eigenvalue weighted by molar-refractivity contribution is -0.384. The van der Waals surface area contributed by atoms with Gasteiger partial charge >= 0.3 is 0 Å². The van der Waals surface area contributed by atoms with Crippen molar-refractivity contribution >= 4 is 22.4 Å². The van der Waals surface area contributed by atoms with Gasteiger partial charge in [0, 0.05) is 12.1 Å². The highest BCUT2D eigenvalue weighted by atomic mass is 16.6. The van der Waals surface area contributed by atoms with E-state index in [-0.39, 0.29) is 17.0 Å². The Morgan fingerprint density at radius 3 is 2.50 bits per heavy atom. The predicted molar refractivity (Wildman–Crippen MR) is 100 cm³/mol. The first-order chi connectivity index (χ1) is 13.6. The third kappa shape index (κ3) is 2.30. The molecule has 0 aliphatic heterocycles. The number of fused-ring (bicyclic) bond motifs is 3. The van der Waals surface area contributed by atoms with Crippen molar-refractivity contribution < 1.29 is 9.34 Å². The molecule has 0 amide bonds. The molecule has 136 valence electrons. The average Bonchev–Trinajstić information content (AvgIpc) is 3.36. The molecular weight excluding hydrogens is 362 g/mol. The van der Waals surface area contributed by atoms with E-state index in [1.54, 1.807) is 46.9 Å². The molecule has 0 N–H and O–H groups in total. The molecule has 0 saturated heterocycles. The number of nitrogens with zero attached hydrogens (tertiary/aromatic N) is 5. The van der Waals surface area contributed by atoms with Crippen LogP contribution in [-0.4, -0.2) is 24.1 Å². The maximum absolute atomic E-state index is 12.5. The molecule has 0 bridgehead atoms. The highest BCUT2D eigenvalue weighted by molar-refractivity contribution is 5.82. The van der Waals surface area contributed by atoms with Gasteiger partial charge in [-0.2, -0.15) is 9.67 Å². The summed E-state index contributed by atoms with van der Waals surface area (Å²) in [5.74, 6) is 1.24. The Kier molecular flexibility index (Phi) is 3.35. The van der Waals surface area contributed by atoms with Crippen molar-refractivity contribution in [2.75, 3.05) is 0 Å². The molecule has 0 fully saturated rings. The second-order valence-corrected chi connectivity index (χ2v) is 6.06. The van der Waals surface area contributed by atoms with Gasteiger partial charge in [0.1, 0.15) is 0 Å². The van der Waals surface area contributed by atoms with Gasteiger partial charge in [-0.1, -0.05) is 12.1 Å². The van der Waals surface area contributed by atoms with Crippen molar-refractivity contribution in [3.63, 3.8) is 0 Å². The van der Waals surface area contributed by atoms with Gasteiger partial charge in [0.15, 0.2) is 5.76 Å². The number of hydrogen-bond acceptors (Lipinski definition) is 6. The molecule has 0 saturated carbocycles. The van der Waals surface area contributed by atoms with Gasteiger partial charge in [0.2, 0.25) is 11.6 Å². The van der Waals surface area contributed by atoms with E-state index in [9.17, 15) is 14.9 Å². The molecule has 9 heteroatoms. The van der Waals surface area contributed by atoms with Crippen LogP contribution in [0.1, 0.15) is 0 Å². The third-order valence-corrected chi connectivity index (χ3v) is 4.42. The van der Waals surface area contributed by atoms with Crippen molar-refractivity contribution in [2.24, 2.45) is 0 Å². The molecule has 0 aliphatic carbocycles. The highest BCUT2D eigenvalue weighted by Gasteiger charge is 2.20. The van der Waals surface area contributed by atoms with Crippen molar-refractivity contribution in [3.05, 3.63) is 87.4 Å². The van der Waals surface area contributed by atoms with Gasteiger partial charge in [0.25, 0.3) is 11.2 Å². The minimum atomic E-state index is -0.477. The Hall–Kier alpha value is -4.27. The lowest BCUT2D eigenvalue weighted by atomic mass is 10.2. The number of non-ortho nitro benzene ring substituents is 1. The molecule has 9 nitrogen and oxygen atoms in total. The fourth-order valence-corrected chi connectivity index (χ4v) is 3.15. The smallest absolute Gasteiger partial charge is 0.282 e. The first-order valence-electron chi connectivity index (χ1n) is 8.33. The zero-order valence-corrected chi connectivity index (χ0v) is 14.2. The molecule has 0 spiro atoms. The standard InChI is InChI=1S/C19H11N5O4/c25-18-14-4-1-2-5-15(14)22-17(16-6-3-11-28-16)21-23(19(22)20-18)12-7-9-13(10-8-12)24(26)27/h1-11H. The monoisotopic (exact) mass is 373 g/mol. The molecule has 0 aliphatic rings. The maximum Gasteiger partial charge on any atom is 0.282 e. The SMILES string of the molecule is O=c1nc2n(-c3ccc([N+](=O)[O-])cc3)nc(-c3ccco3)n2c2ccccc12. The van der Waals surface area contributed by atoms with Crippen LogP contribution in [0, 0.1) is 10.1 Å². The predicted octanol–water partition coefficient (Wildman–Crippen LogP) is 3.20. The third-order valence-electron chi connectivity index (χ3n) is 4.42. The van der Waals surface area contributed by atoms with Crippen molar-refractivity contribution in [1.82, 2.24) is 19.2 Å². The minimum absolute atomic E-state index is 0.0398. The van der Waals surface area contributed by atoms with E-state index < -0.39 is 4.92 Å². The summed E-state index contributed by atoms with van der Waals surface area (Å²) in [4.78, 5) is 27.2. The van der Waals surface area contributed by atoms with E-state index in [2.05, 4.69) is 10.1 Å². The van der Waals surface area contributed by atoms with Crippen LogP contribution in [0.2, 0.25) is 0 Å². The van der Waals surface area contributed by atoms with Gasteiger partial charge in [-0.05, 0) is 36.4 Å². The summed E-state index contributed by atoms with van der Waals surface area (Å²) < 4.78 is 8.72. The number of furan rings is 1. The van der Waals surface area contributed by atoms with Gasteiger partial charge in [0.05, 0.1) is 27.8 Å². The number of hydrogen-bond donors (Lipinski definition) is 0. The average molecular weight is 373 g/mol. The van der Waals surface area contributed by atoms with Crippen LogP contribution in [0.4, 0.5) is 5.69 Å². The summed E-state index contributed by atoms with van der Waals surface area (Å²) in [7, 11) is 0. The van der Waals surface area contributed by atoms with Crippen LogP contribution in [0.15, 0.2) is 76.1 Å². The quantitative estimate of drug-likeness (QED) is 0.355. The molecule has 5 aromatic rings. The number of nitro benzene ring substituents is 1. The van der Waals surface area contributed by atoms with Gasteiger partial charge < -0.3 is 4.42 Å². The van der Waals surface area contributed by atoms with Gasteiger partial charge in [-0.15, -0.1) is 5.10 Å². The lowest BCUT2D eigenvalue weighted by Crippen LogP contribution is -2.12. The Labute approximate surface area is 156 Å². The highest BCUT2D eigenvalue weighted by Crippen LogP contribution is 2.25. The fraction of sp³-hybridized carbons (Fsp3) is 0. The summed E-state index contributed by atoms with van der Waals surface area (Å²) >= 11 is 0. The normalized spacial score (nSPS) is 11.3. The largest absolute Gasteiger partial charge is 0.461 e. The van der Waals surface area contributed by atoms with E-state index in [1.807, 2.05) is 6.07 Å². The summed E-state index contributed by atoms with van der Waals surface area (Å²) in [6.07, 6.45) is 1.53. The number of nitro groups is 1. The summed E-state index contributed by atoms with van der Waals surface area (Å²) in [5.41, 5.74) is 0.742. The second kappa shape index (κ2) is 5.88. The Balaban J connectivity index is 1.88. The van der Waals surface area contributed by atoms with E-state index in [0.717, 1.165) is 0 Å². The Morgan fingerprint density at radius 2 is 1.79 bits per heavy atom. The van der Waals surface area contributed by atoms with Crippen LogP contribution < -0.4 is 5.56 Å². The Morgan fingerprint density at radius 1 is 1.00 bits per heavy atom. The molecule has 3 aromatic heterocycles. The first-order valence-corrected chi connectivity index (χ1v) is 8.33. The number of para-hydroxylation sites is 1. The van der Waals surface area contributed by atoms with E-state index >= 15 is 0 Å². The topological polar surface area (TPSA) is 108 Å². The molecular formula is C19H11N5O4. The number of benzene rings is 2. The zero-order valence-electron chi connectivity index (χ0n) is 14.2. The molecule has 3 heterocycles. The van der Waals surface area contributed by atoms with Crippen molar-refractivity contribution in [2.45, 2.75) is 0 Å². The maximum atomic E-state index is 12.5. The van der Waals surface area contributed by atoms with Crippen molar-refractivity contribution in [1.29, 1.82) is 0 Å². The van der Waals surface area contributed by atoms with E-state index in [4.69, 9.17) is 4.42 Å².